The number of halogens is 1. The number of morpholine rings is 1. The lowest BCUT2D eigenvalue weighted by Gasteiger charge is -2.27. The van der Waals surface area contributed by atoms with Gasteiger partial charge in [-0.15, -0.1) is 0 Å². The Hall–Kier alpha value is -2.25. The molecule has 1 fully saturated rings. The van der Waals surface area contributed by atoms with Gasteiger partial charge in [-0.1, -0.05) is 54.1 Å². The van der Waals surface area contributed by atoms with Crippen LogP contribution < -0.4 is 4.90 Å². The van der Waals surface area contributed by atoms with Crippen LogP contribution in [-0.4, -0.2) is 55.2 Å². The minimum Gasteiger partial charge on any atom is -0.379 e. The molecule has 1 aromatic heterocycles. The average Bonchev–Trinajstić information content (AvgIpc) is 3.24. The van der Waals surface area contributed by atoms with E-state index < -0.39 is 0 Å². The molecule has 0 unspecified atom stereocenters. The fourth-order valence-corrected chi connectivity index (χ4v) is 4.99. The zero-order valence-electron chi connectivity index (χ0n) is 18.3. The molecule has 5 nitrogen and oxygen atoms in total. The SMILES string of the molecule is CCc1ccc2nc(N(CCCN3CCOCC3)C(=O)/C=C/c3ccccc3Cl)sc2c1. The molecule has 0 bridgehead atoms. The minimum atomic E-state index is -0.0818. The Morgan fingerprint density at radius 3 is 2.84 bits per heavy atom. The average molecular weight is 470 g/mol. The molecule has 0 aliphatic carbocycles. The van der Waals surface area contributed by atoms with Crippen LogP contribution in [0.4, 0.5) is 5.13 Å². The van der Waals surface area contributed by atoms with Crippen molar-refractivity contribution in [1.82, 2.24) is 9.88 Å². The molecule has 0 atom stereocenters. The van der Waals surface area contributed by atoms with Gasteiger partial charge in [0.25, 0.3) is 5.91 Å². The smallest absolute Gasteiger partial charge is 0.252 e. The predicted octanol–water partition coefficient (Wildman–Crippen LogP) is 5.28. The summed E-state index contributed by atoms with van der Waals surface area (Å²) in [7, 11) is 0. The summed E-state index contributed by atoms with van der Waals surface area (Å²) in [6.07, 6.45) is 5.23. The van der Waals surface area contributed by atoms with Crippen molar-refractivity contribution in [1.29, 1.82) is 0 Å². The van der Waals surface area contributed by atoms with Crippen molar-refractivity contribution in [2.24, 2.45) is 0 Å². The van der Waals surface area contributed by atoms with E-state index in [0.717, 1.165) is 66.6 Å². The maximum Gasteiger partial charge on any atom is 0.252 e. The Morgan fingerprint density at radius 1 is 1.25 bits per heavy atom. The standard InChI is InChI=1S/C25H28ClN3O2S/c1-2-19-8-10-22-23(18-19)32-25(27-22)29(13-5-12-28-14-16-31-17-15-28)24(30)11-9-20-6-3-4-7-21(20)26/h3-4,6-11,18H,2,5,12-17H2,1H3/b11-9+. The summed E-state index contributed by atoms with van der Waals surface area (Å²) < 4.78 is 6.55. The second-order valence-corrected chi connectivity index (χ2v) is 9.22. The number of hydrogen-bond donors (Lipinski definition) is 0. The topological polar surface area (TPSA) is 45.7 Å². The quantitative estimate of drug-likeness (QED) is 0.421. The summed E-state index contributed by atoms with van der Waals surface area (Å²) in [6, 6.07) is 13.8. The van der Waals surface area contributed by atoms with Crippen molar-refractivity contribution in [3.05, 3.63) is 64.7 Å². The van der Waals surface area contributed by atoms with Crippen LogP contribution in [0, 0.1) is 0 Å². The first-order valence-electron chi connectivity index (χ1n) is 11.1. The van der Waals surface area contributed by atoms with E-state index in [0.29, 0.717) is 11.6 Å². The van der Waals surface area contributed by atoms with E-state index in [1.54, 1.807) is 28.4 Å². The molecule has 7 heteroatoms. The number of carbonyl (C=O) groups is 1. The van der Waals surface area contributed by atoms with Gasteiger partial charge in [0.15, 0.2) is 5.13 Å². The normalized spacial score (nSPS) is 14.9. The lowest BCUT2D eigenvalue weighted by atomic mass is 10.2. The number of rotatable bonds is 8. The van der Waals surface area contributed by atoms with Crippen LogP contribution >= 0.6 is 22.9 Å². The lowest BCUT2D eigenvalue weighted by Crippen LogP contribution is -2.39. The molecule has 1 aliphatic heterocycles. The largest absolute Gasteiger partial charge is 0.379 e. The maximum atomic E-state index is 13.2. The first-order valence-corrected chi connectivity index (χ1v) is 12.3. The highest BCUT2D eigenvalue weighted by Gasteiger charge is 2.19. The Bertz CT molecular complexity index is 1090. The lowest BCUT2D eigenvalue weighted by molar-refractivity contribution is -0.114. The van der Waals surface area contributed by atoms with Crippen LogP contribution in [0.15, 0.2) is 48.5 Å². The van der Waals surface area contributed by atoms with Gasteiger partial charge in [-0.3, -0.25) is 14.6 Å². The molecule has 32 heavy (non-hydrogen) atoms. The van der Waals surface area contributed by atoms with Gasteiger partial charge in [0.1, 0.15) is 0 Å². The van der Waals surface area contributed by atoms with Gasteiger partial charge in [-0.05, 0) is 48.2 Å². The number of thiazole rings is 1. The number of carbonyl (C=O) groups excluding carboxylic acids is 1. The molecule has 168 valence electrons. The summed E-state index contributed by atoms with van der Waals surface area (Å²) in [5.41, 5.74) is 3.03. The van der Waals surface area contributed by atoms with Crippen LogP contribution in [0.2, 0.25) is 5.02 Å². The molecular weight excluding hydrogens is 442 g/mol. The number of benzene rings is 2. The van der Waals surface area contributed by atoms with Gasteiger partial charge in [-0.2, -0.15) is 0 Å². The molecule has 0 saturated carbocycles. The van der Waals surface area contributed by atoms with Gasteiger partial charge in [0, 0.05) is 37.3 Å². The fraction of sp³-hybridized carbons (Fsp3) is 0.360. The molecule has 1 saturated heterocycles. The summed E-state index contributed by atoms with van der Waals surface area (Å²) >= 11 is 7.83. The predicted molar refractivity (Wildman–Crippen MR) is 134 cm³/mol. The number of aromatic nitrogens is 1. The number of fused-ring (bicyclic) bond motifs is 1. The Kier molecular flexibility index (Phi) is 7.92. The van der Waals surface area contributed by atoms with Crippen molar-refractivity contribution in [2.45, 2.75) is 19.8 Å². The summed E-state index contributed by atoms with van der Waals surface area (Å²) in [5.74, 6) is -0.0818. The molecule has 1 aliphatic rings. The number of anilines is 1. The third-order valence-corrected chi connectivity index (χ3v) is 7.00. The van der Waals surface area contributed by atoms with E-state index in [1.807, 2.05) is 30.3 Å². The van der Waals surface area contributed by atoms with E-state index in [4.69, 9.17) is 21.3 Å². The number of amides is 1. The van der Waals surface area contributed by atoms with Gasteiger partial charge < -0.3 is 4.74 Å². The van der Waals surface area contributed by atoms with Crippen LogP contribution in [0.1, 0.15) is 24.5 Å². The van der Waals surface area contributed by atoms with Crippen molar-refractivity contribution >= 4 is 50.3 Å². The third kappa shape index (κ3) is 5.75. The van der Waals surface area contributed by atoms with Crippen LogP contribution in [0.25, 0.3) is 16.3 Å². The second kappa shape index (κ2) is 11.1. The van der Waals surface area contributed by atoms with Crippen molar-refractivity contribution < 1.29 is 9.53 Å². The fourth-order valence-electron chi connectivity index (χ4n) is 3.73. The maximum absolute atomic E-state index is 13.2. The van der Waals surface area contributed by atoms with Gasteiger partial charge >= 0.3 is 0 Å². The highest BCUT2D eigenvalue weighted by molar-refractivity contribution is 7.22. The summed E-state index contributed by atoms with van der Waals surface area (Å²) in [4.78, 5) is 22.2. The Morgan fingerprint density at radius 2 is 2.06 bits per heavy atom. The molecule has 0 N–H and O–H groups in total. The molecule has 2 heterocycles. The third-order valence-electron chi connectivity index (χ3n) is 5.62. The minimum absolute atomic E-state index is 0.0818. The highest BCUT2D eigenvalue weighted by atomic mass is 35.5. The van der Waals surface area contributed by atoms with E-state index >= 15 is 0 Å². The number of hydrogen-bond acceptors (Lipinski definition) is 5. The van der Waals surface area contributed by atoms with E-state index in [1.165, 1.54) is 5.56 Å². The van der Waals surface area contributed by atoms with Crippen LogP contribution in [0.5, 0.6) is 0 Å². The van der Waals surface area contributed by atoms with Crippen molar-refractivity contribution in [3.8, 4) is 0 Å². The second-order valence-electron chi connectivity index (χ2n) is 7.80. The van der Waals surface area contributed by atoms with E-state index in [9.17, 15) is 4.79 Å². The Labute approximate surface area is 198 Å². The van der Waals surface area contributed by atoms with E-state index in [2.05, 4.69) is 24.0 Å². The van der Waals surface area contributed by atoms with Gasteiger partial charge in [0.05, 0.1) is 23.4 Å². The van der Waals surface area contributed by atoms with Gasteiger partial charge in [0.2, 0.25) is 0 Å². The number of ether oxygens (including phenoxy) is 1. The van der Waals surface area contributed by atoms with Crippen molar-refractivity contribution in [3.63, 3.8) is 0 Å². The molecule has 4 rings (SSSR count). The number of nitrogens with zero attached hydrogens (tertiary/aromatic N) is 3. The molecule has 2 aromatic carbocycles. The monoisotopic (exact) mass is 469 g/mol. The van der Waals surface area contributed by atoms with Gasteiger partial charge in [-0.25, -0.2) is 4.98 Å². The molecule has 1 amide bonds. The van der Waals surface area contributed by atoms with Crippen molar-refractivity contribution in [2.75, 3.05) is 44.3 Å². The molecule has 3 aromatic rings. The summed E-state index contributed by atoms with van der Waals surface area (Å²) in [5, 5.41) is 1.37. The Balaban J connectivity index is 1.54. The van der Waals surface area contributed by atoms with Crippen LogP contribution in [-0.2, 0) is 16.0 Å². The van der Waals surface area contributed by atoms with Crippen LogP contribution in [0.3, 0.4) is 0 Å². The van der Waals surface area contributed by atoms with E-state index in [-0.39, 0.29) is 5.91 Å². The highest BCUT2D eigenvalue weighted by Crippen LogP contribution is 2.30. The molecule has 0 radical (unpaired) electrons. The first-order chi connectivity index (χ1) is 15.6. The first kappa shape index (κ1) is 22.9. The zero-order valence-corrected chi connectivity index (χ0v) is 19.9. The molecule has 0 spiro atoms. The zero-order chi connectivity index (χ0) is 22.3. The summed E-state index contributed by atoms with van der Waals surface area (Å²) in [6.45, 7) is 7.14. The number of aryl methyl sites for hydroxylation is 1. The molecular formula is C25H28ClN3O2S.